The highest BCUT2D eigenvalue weighted by molar-refractivity contribution is 6.06. The molecule has 4 aromatic carbocycles. The predicted molar refractivity (Wildman–Crippen MR) is 107 cm³/mol. The van der Waals surface area contributed by atoms with E-state index in [4.69, 9.17) is 4.74 Å². The summed E-state index contributed by atoms with van der Waals surface area (Å²) in [6, 6.07) is 27.4. The Hall–Kier alpha value is -3.79. The number of anilines is 1. The molecule has 2 N–H and O–H groups in total. The fraction of sp³-hybridized carbons (Fsp3) is 0. The van der Waals surface area contributed by atoms with Crippen molar-refractivity contribution in [3.63, 3.8) is 0 Å². The van der Waals surface area contributed by atoms with Gasteiger partial charge in [0.15, 0.2) is 5.75 Å². The third-order valence-electron chi connectivity index (χ3n) is 4.25. The molecule has 0 aliphatic carbocycles. The number of fused-ring (bicyclic) bond motifs is 1. The monoisotopic (exact) mass is 355 g/mol. The van der Waals surface area contributed by atoms with Crippen molar-refractivity contribution in [3.05, 3.63) is 96.6 Å². The standard InChI is InChI=1S/C23H17NO3/c25-20-13-5-3-11-18(20)23(26)24-19-12-4-6-14-22(19)27-21-15-7-9-16-8-1-2-10-17(16)21/h1-15,25H,(H,24,26). The Morgan fingerprint density at radius 3 is 2.30 bits per heavy atom. The number of amides is 1. The van der Waals surface area contributed by atoms with Gasteiger partial charge in [-0.3, -0.25) is 4.79 Å². The van der Waals surface area contributed by atoms with Crippen LogP contribution in [0.1, 0.15) is 10.4 Å². The van der Waals surface area contributed by atoms with Gasteiger partial charge in [0.1, 0.15) is 11.5 Å². The van der Waals surface area contributed by atoms with E-state index in [9.17, 15) is 9.90 Å². The minimum Gasteiger partial charge on any atom is -0.507 e. The molecule has 1 amide bonds. The number of carbonyl (C=O) groups excluding carboxylic acids is 1. The van der Waals surface area contributed by atoms with Crippen LogP contribution in [0, 0.1) is 0 Å². The molecule has 0 saturated heterocycles. The van der Waals surface area contributed by atoms with Crippen molar-refractivity contribution in [2.75, 3.05) is 5.32 Å². The Balaban J connectivity index is 1.65. The molecule has 27 heavy (non-hydrogen) atoms. The van der Waals surface area contributed by atoms with Crippen LogP contribution < -0.4 is 10.1 Å². The van der Waals surface area contributed by atoms with E-state index in [0.717, 1.165) is 10.8 Å². The van der Waals surface area contributed by atoms with E-state index in [0.29, 0.717) is 17.2 Å². The summed E-state index contributed by atoms with van der Waals surface area (Å²) in [6.45, 7) is 0. The zero-order valence-electron chi connectivity index (χ0n) is 14.4. The lowest BCUT2D eigenvalue weighted by Gasteiger charge is -2.14. The molecular formula is C23H17NO3. The van der Waals surface area contributed by atoms with Crippen LogP contribution in [0.4, 0.5) is 5.69 Å². The Labute approximate surface area is 156 Å². The lowest BCUT2D eigenvalue weighted by molar-refractivity contribution is 0.102. The molecule has 4 aromatic rings. The number of benzene rings is 4. The maximum atomic E-state index is 12.5. The summed E-state index contributed by atoms with van der Waals surface area (Å²) in [7, 11) is 0. The van der Waals surface area contributed by atoms with Gasteiger partial charge in [0.2, 0.25) is 0 Å². The molecule has 132 valence electrons. The topological polar surface area (TPSA) is 58.6 Å². The van der Waals surface area contributed by atoms with Gasteiger partial charge < -0.3 is 15.2 Å². The van der Waals surface area contributed by atoms with Crippen LogP contribution in [0.15, 0.2) is 91.0 Å². The Morgan fingerprint density at radius 1 is 0.741 bits per heavy atom. The molecule has 4 rings (SSSR count). The highest BCUT2D eigenvalue weighted by Crippen LogP contribution is 2.34. The summed E-state index contributed by atoms with van der Waals surface area (Å²) < 4.78 is 6.11. The van der Waals surface area contributed by atoms with Crippen LogP contribution in [-0.2, 0) is 0 Å². The van der Waals surface area contributed by atoms with Crippen molar-refractivity contribution in [2.45, 2.75) is 0 Å². The lowest BCUT2D eigenvalue weighted by Crippen LogP contribution is -2.12. The number of aromatic hydroxyl groups is 1. The summed E-state index contributed by atoms with van der Waals surface area (Å²) in [6.07, 6.45) is 0. The van der Waals surface area contributed by atoms with Gasteiger partial charge in [0.25, 0.3) is 5.91 Å². The third-order valence-corrected chi connectivity index (χ3v) is 4.25. The molecule has 4 heteroatoms. The highest BCUT2D eigenvalue weighted by atomic mass is 16.5. The normalized spacial score (nSPS) is 10.5. The summed E-state index contributed by atoms with van der Waals surface area (Å²) in [4.78, 5) is 12.5. The number of nitrogens with one attached hydrogen (secondary N) is 1. The van der Waals surface area contributed by atoms with Crippen molar-refractivity contribution in [3.8, 4) is 17.2 Å². The number of hydrogen-bond donors (Lipinski definition) is 2. The van der Waals surface area contributed by atoms with E-state index in [1.807, 2.05) is 54.6 Å². The van der Waals surface area contributed by atoms with Gasteiger partial charge in [-0.05, 0) is 35.7 Å². The van der Waals surface area contributed by atoms with Crippen LogP contribution in [0.5, 0.6) is 17.2 Å². The van der Waals surface area contributed by atoms with E-state index in [-0.39, 0.29) is 11.3 Å². The first-order valence-corrected chi connectivity index (χ1v) is 8.56. The summed E-state index contributed by atoms with van der Waals surface area (Å²) in [5, 5.41) is 14.8. The van der Waals surface area contributed by atoms with Gasteiger partial charge in [0.05, 0.1) is 11.3 Å². The molecule has 0 aliphatic heterocycles. The average Bonchev–Trinajstić information content (AvgIpc) is 2.70. The molecule has 4 nitrogen and oxygen atoms in total. The fourth-order valence-corrected chi connectivity index (χ4v) is 2.92. The average molecular weight is 355 g/mol. The SMILES string of the molecule is O=C(Nc1ccccc1Oc1cccc2ccccc12)c1ccccc1O. The van der Waals surface area contributed by atoms with Gasteiger partial charge in [-0.2, -0.15) is 0 Å². The van der Waals surface area contributed by atoms with Crippen molar-refractivity contribution in [1.29, 1.82) is 0 Å². The third kappa shape index (κ3) is 3.46. The largest absolute Gasteiger partial charge is 0.507 e. The number of carbonyl (C=O) groups is 1. The second kappa shape index (κ2) is 7.22. The molecule has 0 aromatic heterocycles. The second-order valence-corrected chi connectivity index (χ2v) is 6.05. The van der Waals surface area contributed by atoms with E-state index < -0.39 is 5.91 Å². The van der Waals surface area contributed by atoms with Crippen molar-refractivity contribution in [2.24, 2.45) is 0 Å². The summed E-state index contributed by atoms with van der Waals surface area (Å²) in [5.41, 5.74) is 0.733. The van der Waals surface area contributed by atoms with E-state index in [1.54, 1.807) is 30.3 Å². The first-order chi connectivity index (χ1) is 13.2. The molecule has 0 fully saturated rings. The van der Waals surface area contributed by atoms with E-state index in [2.05, 4.69) is 5.32 Å². The van der Waals surface area contributed by atoms with Crippen molar-refractivity contribution < 1.29 is 14.6 Å². The van der Waals surface area contributed by atoms with Gasteiger partial charge in [-0.15, -0.1) is 0 Å². The number of phenols is 1. The minimum atomic E-state index is -0.401. The number of hydrogen-bond acceptors (Lipinski definition) is 3. The Morgan fingerprint density at radius 2 is 1.41 bits per heavy atom. The molecule has 0 spiro atoms. The van der Waals surface area contributed by atoms with Crippen LogP contribution >= 0.6 is 0 Å². The van der Waals surface area contributed by atoms with Gasteiger partial charge in [0, 0.05) is 5.39 Å². The van der Waals surface area contributed by atoms with E-state index in [1.165, 1.54) is 6.07 Å². The van der Waals surface area contributed by atoms with Crippen LogP contribution in [0.3, 0.4) is 0 Å². The number of rotatable bonds is 4. The van der Waals surface area contributed by atoms with Gasteiger partial charge in [-0.25, -0.2) is 0 Å². The number of para-hydroxylation sites is 3. The van der Waals surface area contributed by atoms with Crippen molar-refractivity contribution in [1.82, 2.24) is 0 Å². The first kappa shape index (κ1) is 16.7. The maximum absolute atomic E-state index is 12.5. The quantitative estimate of drug-likeness (QED) is 0.502. The van der Waals surface area contributed by atoms with Crippen LogP contribution in [0.25, 0.3) is 10.8 Å². The number of phenolic OH excluding ortho intramolecular Hbond substituents is 1. The number of ether oxygens (including phenoxy) is 1. The fourth-order valence-electron chi connectivity index (χ4n) is 2.92. The zero-order valence-corrected chi connectivity index (χ0v) is 14.4. The Bertz CT molecular complexity index is 1120. The zero-order chi connectivity index (χ0) is 18.6. The molecular weight excluding hydrogens is 338 g/mol. The molecule has 0 saturated carbocycles. The summed E-state index contributed by atoms with van der Waals surface area (Å²) >= 11 is 0. The van der Waals surface area contributed by atoms with Crippen LogP contribution in [-0.4, -0.2) is 11.0 Å². The summed E-state index contributed by atoms with van der Waals surface area (Å²) in [5.74, 6) is 0.763. The molecule has 0 heterocycles. The first-order valence-electron chi connectivity index (χ1n) is 8.56. The van der Waals surface area contributed by atoms with E-state index >= 15 is 0 Å². The molecule has 0 radical (unpaired) electrons. The Kier molecular flexibility index (Phi) is 4.45. The van der Waals surface area contributed by atoms with Crippen LogP contribution in [0.2, 0.25) is 0 Å². The molecule has 0 unspecified atom stereocenters. The predicted octanol–water partition coefficient (Wildman–Crippen LogP) is 5.59. The molecule has 0 aliphatic rings. The van der Waals surface area contributed by atoms with Gasteiger partial charge in [-0.1, -0.05) is 60.7 Å². The lowest BCUT2D eigenvalue weighted by atomic mass is 10.1. The molecule has 0 bridgehead atoms. The molecule has 0 atom stereocenters. The highest BCUT2D eigenvalue weighted by Gasteiger charge is 2.14. The maximum Gasteiger partial charge on any atom is 0.259 e. The smallest absolute Gasteiger partial charge is 0.259 e. The van der Waals surface area contributed by atoms with Gasteiger partial charge >= 0.3 is 0 Å². The minimum absolute atomic E-state index is 0.0672. The second-order valence-electron chi connectivity index (χ2n) is 6.05. The van der Waals surface area contributed by atoms with Crippen molar-refractivity contribution >= 4 is 22.4 Å².